The lowest BCUT2D eigenvalue weighted by atomic mass is 9.51. The number of phenols is 1. The number of fused-ring (bicyclic) bond motifs is 3. The van der Waals surface area contributed by atoms with Gasteiger partial charge < -0.3 is 35.8 Å². The number of carbonyl (C=O) groups is 4. The number of Topliss-reactive ketones (excluding diaryl/α,β-unsaturated/α-hetero) is 2. The van der Waals surface area contributed by atoms with Crippen LogP contribution in [0.5, 0.6) is 5.75 Å². The number of hydrogen-bond donors (Lipinski definition) is 5. The first kappa shape index (κ1) is 26.2. The van der Waals surface area contributed by atoms with Crippen LogP contribution in [0, 0.1) is 11.3 Å². The lowest BCUT2D eigenvalue weighted by Crippen LogP contribution is -2.68. The number of ketones is 2. The van der Waals surface area contributed by atoms with Gasteiger partial charge in [0.15, 0.2) is 11.4 Å². The minimum absolute atomic E-state index is 0.120. The first-order valence-electron chi connectivity index (χ1n) is 11.4. The summed E-state index contributed by atoms with van der Waals surface area (Å²) in [6, 6.07) is 1.56. The molecule has 198 valence electrons. The van der Waals surface area contributed by atoms with Gasteiger partial charge in [0.2, 0.25) is 5.78 Å². The summed E-state index contributed by atoms with van der Waals surface area (Å²) >= 11 is 0. The zero-order chi connectivity index (χ0) is 27.8. The third kappa shape index (κ3) is 3.22. The largest absolute Gasteiger partial charge is 0.508 e. The van der Waals surface area contributed by atoms with Crippen molar-refractivity contribution in [1.29, 1.82) is 0 Å². The van der Waals surface area contributed by atoms with Crippen LogP contribution >= 0.6 is 0 Å². The fraction of sp³-hybridized carbons (Fsp3) is 0.440. The van der Waals surface area contributed by atoms with E-state index in [-0.39, 0.29) is 17.7 Å². The summed E-state index contributed by atoms with van der Waals surface area (Å²) in [5, 5.41) is 44.7. The number of amides is 1. The number of ether oxygens (including phenoxy) is 1. The molecule has 0 aliphatic heterocycles. The van der Waals surface area contributed by atoms with Crippen LogP contribution in [0.25, 0.3) is 5.76 Å². The molecule has 1 amide bonds. The first-order chi connectivity index (χ1) is 17.2. The van der Waals surface area contributed by atoms with Crippen LogP contribution in [-0.2, 0) is 30.3 Å². The maximum Gasteiger partial charge on any atom is 0.316 e. The number of rotatable bonds is 4. The Kier molecular flexibility index (Phi) is 5.88. The van der Waals surface area contributed by atoms with Gasteiger partial charge in [-0.05, 0) is 44.6 Å². The van der Waals surface area contributed by atoms with Crippen LogP contribution in [0.3, 0.4) is 0 Å². The smallest absolute Gasteiger partial charge is 0.316 e. The van der Waals surface area contributed by atoms with Crippen LogP contribution < -0.4 is 10.6 Å². The van der Waals surface area contributed by atoms with Gasteiger partial charge in [0.1, 0.15) is 28.3 Å². The predicted octanol–water partition coefficient (Wildman–Crippen LogP) is -0.427. The molecule has 12 nitrogen and oxygen atoms in total. The highest BCUT2D eigenvalue weighted by molar-refractivity contribution is 6.25. The molecular formula is C25H29N3O9. The number of primary amides is 1. The Morgan fingerprint density at radius 3 is 2.24 bits per heavy atom. The van der Waals surface area contributed by atoms with Crippen molar-refractivity contribution in [3.05, 3.63) is 40.2 Å². The third-order valence-corrected chi connectivity index (χ3v) is 7.73. The van der Waals surface area contributed by atoms with E-state index in [1.165, 1.54) is 25.1 Å². The topological polar surface area (TPSA) is 191 Å². The van der Waals surface area contributed by atoms with E-state index in [4.69, 9.17) is 10.5 Å². The Morgan fingerprint density at radius 1 is 1.11 bits per heavy atom. The van der Waals surface area contributed by atoms with Gasteiger partial charge >= 0.3 is 5.97 Å². The number of aliphatic hydroxyl groups is 3. The van der Waals surface area contributed by atoms with Crippen molar-refractivity contribution in [2.24, 2.45) is 17.1 Å². The zero-order valence-electron chi connectivity index (χ0n) is 21.0. The number of nitrogens with zero attached hydrogens (tertiary/aromatic N) is 2. The van der Waals surface area contributed by atoms with Crippen molar-refractivity contribution in [2.75, 3.05) is 40.2 Å². The molecule has 4 rings (SSSR count). The molecule has 0 saturated heterocycles. The van der Waals surface area contributed by atoms with Gasteiger partial charge in [0, 0.05) is 25.7 Å². The summed E-state index contributed by atoms with van der Waals surface area (Å²) in [6.07, 6.45) is -0.649. The van der Waals surface area contributed by atoms with Gasteiger partial charge in [-0.25, -0.2) is 0 Å². The fourth-order valence-electron chi connectivity index (χ4n) is 6.16. The molecule has 0 spiro atoms. The highest BCUT2D eigenvalue weighted by Gasteiger charge is 2.69. The molecule has 6 N–H and O–H groups in total. The maximum absolute atomic E-state index is 14.1. The van der Waals surface area contributed by atoms with Gasteiger partial charge in [0.25, 0.3) is 5.91 Å². The van der Waals surface area contributed by atoms with E-state index in [9.17, 15) is 39.6 Å². The van der Waals surface area contributed by atoms with E-state index in [2.05, 4.69) is 0 Å². The number of anilines is 1. The molecule has 1 aromatic carbocycles. The Morgan fingerprint density at radius 2 is 1.73 bits per heavy atom. The van der Waals surface area contributed by atoms with Crippen LogP contribution in [0.4, 0.5) is 5.69 Å². The molecule has 1 saturated carbocycles. The molecule has 37 heavy (non-hydrogen) atoms. The summed E-state index contributed by atoms with van der Waals surface area (Å²) in [6.45, 7) is 0. The lowest BCUT2D eigenvalue weighted by Gasteiger charge is -2.53. The second-order valence-electron chi connectivity index (χ2n) is 10.1. The maximum atomic E-state index is 14.1. The van der Waals surface area contributed by atoms with Crippen LogP contribution in [-0.4, -0.2) is 95.7 Å². The van der Waals surface area contributed by atoms with Crippen molar-refractivity contribution in [3.8, 4) is 5.75 Å². The summed E-state index contributed by atoms with van der Waals surface area (Å²) in [7, 11) is 7.48. The molecular weight excluding hydrogens is 486 g/mol. The van der Waals surface area contributed by atoms with Gasteiger partial charge in [-0.1, -0.05) is 0 Å². The molecule has 3 aliphatic rings. The number of hydrogen-bond acceptors (Lipinski definition) is 11. The van der Waals surface area contributed by atoms with Crippen molar-refractivity contribution < 1.29 is 44.3 Å². The molecule has 12 heteroatoms. The van der Waals surface area contributed by atoms with E-state index in [0.29, 0.717) is 11.3 Å². The van der Waals surface area contributed by atoms with E-state index in [0.717, 1.165) is 7.11 Å². The molecule has 0 unspecified atom stereocenters. The Hall–Kier alpha value is -3.90. The average Bonchev–Trinajstić information content (AvgIpc) is 2.80. The lowest BCUT2D eigenvalue weighted by molar-refractivity contribution is -0.169. The standard InChI is InChI=1S/C25H29N3O9/c1-27(2)12-6-7-13(29)14-10(12)8-24(23(35)37-5)9-11-17(28(3)4)19(31)15(22(26)34)20(32)25(11,36)21(33)16(24)18(14)30/h6-7,11,17,29-30,32,36H,8-9H2,1-5H3,(H2,26,34)/t11-,17-,24+,25+/m0/s1. The number of phenolic OH excluding ortho intramolecular Hbond substituents is 1. The number of aliphatic hydroxyl groups excluding tert-OH is 2. The summed E-state index contributed by atoms with van der Waals surface area (Å²) in [5.74, 6) is -8.32. The van der Waals surface area contributed by atoms with Crippen molar-refractivity contribution in [1.82, 2.24) is 4.90 Å². The first-order valence-corrected chi connectivity index (χ1v) is 11.4. The molecule has 0 heterocycles. The normalized spacial score (nSPS) is 29.1. The number of carbonyl (C=O) groups excluding carboxylic acids is 4. The molecule has 0 radical (unpaired) electrons. The second-order valence-corrected chi connectivity index (χ2v) is 10.1. The fourth-order valence-corrected chi connectivity index (χ4v) is 6.16. The summed E-state index contributed by atoms with van der Waals surface area (Å²) in [4.78, 5) is 56.0. The third-order valence-electron chi connectivity index (χ3n) is 7.73. The van der Waals surface area contributed by atoms with Crippen molar-refractivity contribution in [3.63, 3.8) is 0 Å². The van der Waals surface area contributed by atoms with Gasteiger partial charge in [0.05, 0.1) is 24.3 Å². The molecule has 1 fully saturated rings. The average molecular weight is 516 g/mol. The van der Waals surface area contributed by atoms with E-state index in [1.54, 1.807) is 25.1 Å². The molecule has 1 aromatic rings. The van der Waals surface area contributed by atoms with Crippen molar-refractivity contribution in [2.45, 2.75) is 24.5 Å². The van der Waals surface area contributed by atoms with Gasteiger partial charge in [-0.15, -0.1) is 0 Å². The number of methoxy groups -OCH3 is 1. The van der Waals surface area contributed by atoms with Crippen LogP contribution in [0.1, 0.15) is 17.5 Å². The quantitative estimate of drug-likeness (QED) is 0.258. The summed E-state index contributed by atoms with van der Waals surface area (Å²) in [5.41, 5.74) is -0.213. The molecule has 3 aliphatic carbocycles. The van der Waals surface area contributed by atoms with Crippen LogP contribution in [0.2, 0.25) is 0 Å². The van der Waals surface area contributed by atoms with Gasteiger partial charge in [-0.2, -0.15) is 0 Å². The van der Waals surface area contributed by atoms with E-state index >= 15 is 0 Å². The minimum Gasteiger partial charge on any atom is -0.508 e. The second kappa shape index (κ2) is 8.32. The highest BCUT2D eigenvalue weighted by Crippen LogP contribution is 2.59. The summed E-state index contributed by atoms with van der Waals surface area (Å²) < 4.78 is 5.07. The number of nitrogens with two attached hydrogens (primary N) is 1. The molecule has 0 aromatic heterocycles. The van der Waals surface area contributed by atoms with E-state index in [1.807, 2.05) is 0 Å². The Bertz CT molecular complexity index is 1330. The van der Waals surface area contributed by atoms with Crippen molar-refractivity contribution >= 4 is 34.9 Å². The molecule has 0 bridgehead atoms. The Labute approximate surface area is 212 Å². The zero-order valence-corrected chi connectivity index (χ0v) is 21.0. The number of likely N-dealkylation sites (N-methyl/N-ethyl adjacent to an activating group) is 1. The highest BCUT2D eigenvalue weighted by atomic mass is 16.5. The number of benzene rings is 1. The SMILES string of the molecule is COC(=O)[C@@]12Cc3c(N(C)C)ccc(O)c3C(O)=C1C(=O)[C@]1(O)C(O)=C(C(N)=O)C(=O)[C@@H](N(C)C)[C@@H]1C2. The number of esters is 1. The van der Waals surface area contributed by atoms with E-state index < -0.39 is 75.5 Å². The number of aromatic hydroxyl groups is 1. The Balaban J connectivity index is 2.13. The minimum atomic E-state index is -2.87. The molecule has 4 atom stereocenters. The monoisotopic (exact) mass is 515 g/mol. The predicted molar refractivity (Wildman–Crippen MR) is 130 cm³/mol. The van der Waals surface area contributed by atoms with Gasteiger partial charge in [-0.3, -0.25) is 24.1 Å². The van der Waals surface area contributed by atoms with Crippen LogP contribution in [0.15, 0.2) is 29.0 Å².